The van der Waals surface area contributed by atoms with Crippen LogP contribution in [0, 0.1) is 6.92 Å². The molecule has 5 heteroatoms. The van der Waals surface area contributed by atoms with Crippen LogP contribution in [0.4, 0.5) is 0 Å². The third kappa shape index (κ3) is 4.25. The molecule has 0 radical (unpaired) electrons. The number of aliphatic carboxylic acids is 1. The van der Waals surface area contributed by atoms with E-state index in [1.165, 1.54) is 5.56 Å². The van der Waals surface area contributed by atoms with Gasteiger partial charge in [-0.05, 0) is 42.1 Å². The normalized spacial score (nSPS) is 20.7. The Morgan fingerprint density at radius 1 is 1.35 bits per heavy atom. The highest BCUT2D eigenvalue weighted by Gasteiger charge is 2.31. The summed E-state index contributed by atoms with van der Waals surface area (Å²) in [4.78, 5) is 15.7. The summed E-state index contributed by atoms with van der Waals surface area (Å²) in [5.74, 6) is -0.758. The molecule has 1 aliphatic heterocycles. The monoisotopic (exact) mass is 338 g/mol. The Hall–Kier alpha value is -1.10. The number of piperazine rings is 1. The first-order valence-electron chi connectivity index (χ1n) is 8.04. The van der Waals surface area contributed by atoms with Gasteiger partial charge >= 0.3 is 5.97 Å². The molecule has 1 N–H and O–H groups in total. The molecular formula is C18H27ClN2O2. The van der Waals surface area contributed by atoms with Gasteiger partial charge in [0.2, 0.25) is 0 Å². The molecule has 1 atom stereocenters. The zero-order valence-corrected chi connectivity index (χ0v) is 15.4. The van der Waals surface area contributed by atoms with Crippen LogP contribution >= 0.6 is 11.6 Å². The van der Waals surface area contributed by atoms with Crippen molar-refractivity contribution in [2.75, 3.05) is 26.7 Å². The van der Waals surface area contributed by atoms with Crippen molar-refractivity contribution in [1.82, 2.24) is 9.80 Å². The van der Waals surface area contributed by atoms with Gasteiger partial charge in [0, 0.05) is 31.2 Å². The minimum Gasteiger partial charge on any atom is -0.480 e. The number of benzene rings is 1. The molecule has 1 aromatic carbocycles. The number of carbonyl (C=O) groups is 1. The lowest BCUT2D eigenvalue weighted by atomic mass is 9.85. The second-order valence-corrected chi connectivity index (χ2v) is 8.00. The third-order valence-electron chi connectivity index (χ3n) is 4.59. The third-order valence-corrected chi connectivity index (χ3v) is 4.90. The van der Waals surface area contributed by atoms with E-state index in [4.69, 9.17) is 11.6 Å². The van der Waals surface area contributed by atoms with E-state index in [1.54, 1.807) is 0 Å². The summed E-state index contributed by atoms with van der Waals surface area (Å²) in [5, 5.41) is 10.2. The maximum absolute atomic E-state index is 11.5. The quantitative estimate of drug-likeness (QED) is 0.919. The van der Waals surface area contributed by atoms with Crippen LogP contribution in [-0.4, -0.2) is 53.6 Å². The van der Waals surface area contributed by atoms with Crippen LogP contribution < -0.4 is 0 Å². The first-order valence-corrected chi connectivity index (χ1v) is 8.42. The van der Waals surface area contributed by atoms with E-state index in [2.05, 4.69) is 38.7 Å². The number of nitrogens with zero attached hydrogens (tertiary/aromatic N) is 2. The molecule has 1 fully saturated rings. The van der Waals surface area contributed by atoms with E-state index >= 15 is 0 Å². The number of carboxylic acid groups (broad SMARTS) is 1. The summed E-state index contributed by atoms with van der Waals surface area (Å²) in [6.07, 6.45) is 0. The molecule has 0 saturated carbocycles. The Bertz CT molecular complexity index is 595. The predicted molar refractivity (Wildman–Crippen MR) is 94.2 cm³/mol. The molecule has 128 valence electrons. The maximum Gasteiger partial charge on any atom is 0.322 e. The minimum atomic E-state index is -0.758. The van der Waals surface area contributed by atoms with Gasteiger partial charge in [-0.25, -0.2) is 0 Å². The maximum atomic E-state index is 11.5. The van der Waals surface area contributed by atoms with E-state index in [1.807, 2.05) is 18.0 Å². The molecule has 0 aromatic heterocycles. The number of aryl methyl sites for hydroxylation is 1. The highest BCUT2D eigenvalue weighted by atomic mass is 35.5. The summed E-state index contributed by atoms with van der Waals surface area (Å²) >= 11 is 6.48. The highest BCUT2D eigenvalue weighted by molar-refractivity contribution is 6.31. The van der Waals surface area contributed by atoms with Gasteiger partial charge in [-0.2, -0.15) is 0 Å². The van der Waals surface area contributed by atoms with Crippen molar-refractivity contribution in [3.63, 3.8) is 0 Å². The molecule has 0 amide bonds. The molecule has 0 spiro atoms. The smallest absolute Gasteiger partial charge is 0.322 e. The largest absolute Gasteiger partial charge is 0.480 e. The molecule has 0 unspecified atom stereocenters. The Labute approximate surface area is 144 Å². The van der Waals surface area contributed by atoms with Crippen molar-refractivity contribution in [3.05, 3.63) is 33.8 Å². The van der Waals surface area contributed by atoms with Gasteiger partial charge in [-0.1, -0.05) is 38.4 Å². The Balaban J connectivity index is 2.26. The van der Waals surface area contributed by atoms with E-state index < -0.39 is 12.0 Å². The molecule has 2 rings (SSSR count). The molecule has 0 aliphatic carbocycles. The summed E-state index contributed by atoms with van der Waals surface area (Å²) in [6.45, 7) is 11.3. The lowest BCUT2D eigenvalue weighted by Gasteiger charge is -2.38. The molecule has 23 heavy (non-hydrogen) atoms. The van der Waals surface area contributed by atoms with Crippen molar-refractivity contribution >= 4 is 17.6 Å². The van der Waals surface area contributed by atoms with E-state index in [-0.39, 0.29) is 5.41 Å². The molecule has 1 aromatic rings. The Kier molecular flexibility index (Phi) is 5.39. The van der Waals surface area contributed by atoms with Crippen LogP contribution in [0.5, 0.6) is 0 Å². The fraction of sp³-hybridized carbons (Fsp3) is 0.611. The number of hydrogen-bond donors (Lipinski definition) is 1. The number of carboxylic acids is 1. The SMILES string of the molecule is Cc1cc(C(C)(C)C)c(Cl)cc1CN1CCN(C)C[C@H]1C(=O)O. The van der Waals surface area contributed by atoms with Crippen molar-refractivity contribution in [1.29, 1.82) is 0 Å². The molecule has 1 heterocycles. The zero-order chi connectivity index (χ0) is 17.4. The van der Waals surface area contributed by atoms with Gasteiger partial charge in [-0.3, -0.25) is 9.69 Å². The molecule has 1 aliphatic rings. The summed E-state index contributed by atoms with van der Waals surface area (Å²) in [5.41, 5.74) is 3.41. The van der Waals surface area contributed by atoms with Crippen molar-refractivity contribution in [3.8, 4) is 0 Å². The highest BCUT2D eigenvalue weighted by Crippen LogP contribution is 2.32. The van der Waals surface area contributed by atoms with Crippen LogP contribution in [0.15, 0.2) is 12.1 Å². The molecule has 1 saturated heterocycles. The summed E-state index contributed by atoms with van der Waals surface area (Å²) < 4.78 is 0. The number of hydrogen-bond acceptors (Lipinski definition) is 3. The molecule has 4 nitrogen and oxygen atoms in total. The first-order chi connectivity index (χ1) is 10.6. The molecule has 0 bridgehead atoms. The lowest BCUT2D eigenvalue weighted by Crippen LogP contribution is -2.54. The van der Waals surface area contributed by atoms with Crippen LogP contribution in [0.1, 0.15) is 37.5 Å². The van der Waals surface area contributed by atoms with Gasteiger partial charge in [0.1, 0.15) is 6.04 Å². The van der Waals surface area contributed by atoms with E-state index in [9.17, 15) is 9.90 Å². The topological polar surface area (TPSA) is 43.8 Å². The average Bonchev–Trinajstić information content (AvgIpc) is 2.42. The van der Waals surface area contributed by atoms with Crippen molar-refractivity contribution < 1.29 is 9.90 Å². The van der Waals surface area contributed by atoms with Gasteiger partial charge in [0.25, 0.3) is 0 Å². The predicted octanol–water partition coefficient (Wildman–Crippen LogP) is 3.15. The van der Waals surface area contributed by atoms with Gasteiger partial charge in [0.05, 0.1) is 0 Å². The standard InChI is InChI=1S/C18H27ClN2O2/c1-12-8-14(18(2,3)4)15(19)9-13(12)10-21-7-6-20(5)11-16(21)17(22)23/h8-9,16H,6-7,10-11H2,1-5H3,(H,22,23)/t16-/m0/s1. The van der Waals surface area contributed by atoms with Gasteiger partial charge < -0.3 is 10.0 Å². The minimum absolute atomic E-state index is 0.00217. The second-order valence-electron chi connectivity index (χ2n) is 7.60. The lowest BCUT2D eigenvalue weighted by molar-refractivity contribution is -0.145. The fourth-order valence-corrected chi connectivity index (χ4v) is 3.54. The fourth-order valence-electron chi connectivity index (χ4n) is 3.07. The first kappa shape index (κ1) is 18.2. The number of likely N-dealkylation sites (N-methyl/N-ethyl adjacent to an activating group) is 1. The van der Waals surface area contributed by atoms with Crippen LogP contribution in [-0.2, 0) is 16.8 Å². The van der Waals surface area contributed by atoms with E-state index in [0.29, 0.717) is 13.1 Å². The van der Waals surface area contributed by atoms with Crippen molar-refractivity contribution in [2.24, 2.45) is 0 Å². The van der Waals surface area contributed by atoms with Crippen LogP contribution in [0.3, 0.4) is 0 Å². The van der Waals surface area contributed by atoms with Gasteiger partial charge in [-0.15, -0.1) is 0 Å². The zero-order valence-electron chi connectivity index (χ0n) is 14.7. The number of halogens is 1. The van der Waals surface area contributed by atoms with Gasteiger partial charge in [0.15, 0.2) is 0 Å². The Morgan fingerprint density at radius 3 is 2.57 bits per heavy atom. The van der Waals surface area contributed by atoms with Crippen LogP contribution in [0.2, 0.25) is 5.02 Å². The second kappa shape index (κ2) is 6.80. The average molecular weight is 339 g/mol. The Morgan fingerprint density at radius 2 is 2.00 bits per heavy atom. The van der Waals surface area contributed by atoms with Crippen LogP contribution in [0.25, 0.3) is 0 Å². The summed E-state index contributed by atoms with van der Waals surface area (Å²) in [6, 6.07) is 3.69. The molecular weight excluding hydrogens is 312 g/mol. The van der Waals surface area contributed by atoms with Crippen molar-refractivity contribution in [2.45, 2.75) is 45.7 Å². The summed E-state index contributed by atoms with van der Waals surface area (Å²) in [7, 11) is 1.97. The van der Waals surface area contributed by atoms with E-state index in [0.717, 1.165) is 29.2 Å². The number of rotatable bonds is 3.